The van der Waals surface area contributed by atoms with Gasteiger partial charge in [0.2, 0.25) is 0 Å². The van der Waals surface area contributed by atoms with Crippen LogP contribution in [0.15, 0.2) is 0 Å². The molecule has 1 aliphatic carbocycles. The van der Waals surface area contributed by atoms with Crippen LogP contribution >= 0.6 is 0 Å². The van der Waals surface area contributed by atoms with Crippen molar-refractivity contribution in [3.63, 3.8) is 0 Å². The highest BCUT2D eigenvalue weighted by molar-refractivity contribution is 4.81. The fourth-order valence-corrected chi connectivity index (χ4v) is 2.42. The van der Waals surface area contributed by atoms with Crippen molar-refractivity contribution in [1.82, 2.24) is 5.32 Å². The quantitative estimate of drug-likeness (QED) is 0.611. The van der Waals surface area contributed by atoms with E-state index in [4.69, 9.17) is 4.74 Å². The highest BCUT2D eigenvalue weighted by atomic mass is 16.5. The number of aliphatic hydroxyl groups is 1. The Morgan fingerprint density at radius 3 is 2.65 bits per heavy atom. The van der Waals surface area contributed by atoms with Crippen LogP contribution in [0, 0.1) is 0 Å². The van der Waals surface area contributed by atoms with E-state index in [1.54, 1.807) is 0 Å². The summed E-state index contributed by atoms with van der Waals surface area (Å²) in [5, 5.41) is 12.8. The second-order valence-electron chi connectivity index (χ2n) is 5.53. The zero-order valence-corrected chi connectivity index (χ0v) is 11.5. The van der Waals surface area contributed by atoms with Crippen LogP contribution in [0.3, 0.4) is 0 Å². The Morgan fingerprint density at radius 1 is 1.35 bits per heavy atom. The van der Waals surface area contributed by atoms with Gasteiger partial charge < -0.3 is 15.2 Å². The SMILES string of the molecule is CCCNC(C)(CO)CCCOC1CCCC1. The molecule has 1 atom stereocenters. The maximum atomic E-state index is 9.42. The smallest absolute Gasteiger partial charge is 0.0610 e. The summed E-state index contributed by atoms with van der Waals surface area (Å²) in [5.74, 6) is 0. The van der Waals surface area contributed by atoms with Crippen LogP contribution in [-0.4, -0.2) is 36.5 Å². The number of hydrogen-bond acceptors (Lipinski definition) is 3. The zero-order chi connectivity index (χ0) is 12.6. The standard InChI is InChI=1S/C14H29NO2/c1-3-10-15-14(2,12-16)9-6-11-17-13-7-4-5-8-13/h13,15-16H,3-12H2,1-2H3. The molecule has 0 aliphatic heterocycles. The molecule has 1 aliphatic rings. The minimum Gasteiger partial charge on any atom is -0.394 e. The minimum absolute atomic E-state index is 0.130. The van der Waals surface area contributed by atoms with Crippen LogP contribution in [-0.2, 0) is 4.74 Å². The Bertz CT molecular complexity index is 193. The van der Waals surface area contributed by atoms with Crippen molar-refractivity contribution in [2.45, 2.75) is 70.4 Å². The van der Waals surface area contributed by atoms with Gasteiger partial charge in [0.05, 0.1) is 12.7 Å². The summed E-state index contributed by atoms with van der Waals surface area (Å²) in [7, 11) is 0. The second kappa shape index (κ2) is 8.06. The van der Waals surface area contributed by atoms with Crippen LogP contribution in [0.1, 0.15) is 58.8 Å². The predicted molar refractivity (Wildman–Crippen MR) is 71.2 cm³/mol. The average molecular weight is 243 g/mol. The molecule has 0 amide bonds. The minimum atomic E-state index is -0.130. The van der Waals surface area contributed by atoms with Gasteiger partial charge in [0, 0.05) is 12.1 Å². The lowest BCUT2D eigenvalue weighted by molar-refractivity contribution is 0.0490. The van der Waals surface area contributed by atoms with Crippen molar-refractivity contribution >= 4 is 0 Å². The molecule has 0 bridgehead atoms. The molecule has 3 nitrogen and oxygen atoms in total. The van der Waals surface area contributed by atoms with E-state index >= 15 is 0 Å². The molecule has 0 aromatic rings. The lowest BCUT2D eigenvalue weighted by Gasteiger charge is -2.29. The molecule has 0 spiro atoms. The molecule has 3 heteroatoms. The van der Waals surface area contributed by atoms with Crippen molar-refractivity contribution in [2.75, 3.05) is 19.8 Å². The van der Waals surface area contributed by atoms with Gasteiger partial charge in [-0.15, -0.1) is 0 Å². The maximum absolute atomic E-state index is 9.42. The maximum Gasteiger partial charge on any atom is 0.0610 e. The zero-order valence-electron chi connectivity index (χ0n) is 11.5. The molecular formula is C14H29NO2. The second-order valence-corrected chi connectivity index (χ2v) is 5.53. The van der Waals surface area contributed by atoms with Gasteiger partial charge in [0.15, 0.2) is 0 Å². The van der Waals surface area contributed by atoms with Gasteiger partial charge in [-0.05, 0) is 45.6 Å². The molecule has 1 rings (SSSR count). The van der Waals surface area contributed by atoms with Crippen LogP contribution < -0.4 is 5.32 Å². The average Bonchev–Trinajstić information content (AvgIpc) is 2.85. The third-order valence-electron chi connectivity index (χ3n) is 3.68. The first kappa shape index (κ1) is 14.9. The predicted octanol–water partition coefficient (Wildman–Crippen LogP) is 2.48. The van der Waals surface area contributed by atoms with E-state index in [1.807, 2.05) is 0 Å². The first-order valence-electron chi connectivity index (χ1n) is 7.17. The van der Waals surface area contributed by atoms with Crippen LogP contribution in [0.5, 0.6) is 0 Å². The molecule has 1 saturated carbocycles. The lowest BCUT2D eigenvalue weighted by atomic mass is 9.97. The van der Waals surface area contributed by atoms with Gasteiger partial charge >= 0.3 is 0 Å². The van der Waals surface area contributed by atoms with Gasteiger partial charge in [0.25, 0.3) is 0 Å². The molecule has 1 unspecified atom stereocenters. The summed E-state index contributed by atoms with van der Waals surface area (Å²) in [6.07, 6.45) is 8.78. The van der Waals surface area contributed by atoms with Crippen molar-refractivity contribution < 1.29 is 9.84 Å². The molecule has 2 N–H and O–H groups in total. The number of aliphatic hydroxyl groups excluding tert-OH is 1. The van der Waals surface area contributed by atoms with Crippen molar-refractivity contribution in [3.05, 3.63) is 0 Å². The lowest BCUT2D eigenvalue weighted by Crippen LogP contribution is -2.46. The molecule has 17 heavy (non-hydrogen) atoms. The molecule has 0 aromatic carbocycles. The first-order valence-corrected chi connectivity index (χ1v) is 7.17. The van der Waals surface area contributed by atoms with Gasteiger partial charge in [-0.2, -0.15) is 0 Å². The third-order valence-corrected chi connectivity index (χ3v) is 3.68. The monoisotopic (exact) mass is 243 g/mol. The Morgan fingerprint density at radius 2 is 2.06 bits per heavy atom. The van der Waals surface area contributed by atoms with Crippen molar-refractivity contribution in [2.24, 2.45) is 0 Å². The van der Waals surface area contributed by atoms with Gasteiger partial charge in [-0.1, -0.05) is 19.8 Å². The highest BCUT2D eigenvalue weighted by Gasteiger charge is 2.22. The van der Waals surface area contributed by atoms with E-state index in [-0.39, 0.29) is 12.1 Å². The molecule has 0 radical (unpaired) electrons. The molecule has 1 fully saturated rings. The Hall–Kier alpha value is -0.120. The number of rotatable bonds is 9. The fourth-order valence-electron chi connectivity index (χ4n) is 2.42. The van der Waals surface area contributed by atoms with Gasteiger partial charge in [-0.25, -0.2) is 0 Å². The van der Waals surface area contributed by atoms with E-state index in [0.29, 0.717) is 6.10 Å². The van der Waals surface area contributed by atoms with E-state index in [2.05, 4.69) is 19.2 Å². The summed E-state index contributed by atoms with van der Waals surface area (Å²) in [6, 6.07) is 0. The van der Waals surface area contributed by atoms with Crippen LogP contribution in [0.4, 0.5) is 0 Å². The first-order chi connectivity index (χ1) is 8.20. The Kier molecular flexibility index (Phi) is 7.09. The highest BCUT2D eigenvalue weighted by Crippen LogP contribution is 2.21. The topological polar surface area (TPSA) is 41.5 Å². The molecule has 0 aromatic heterocycles. The largest absolute Gasteiger partial charge is 0.394 e. The van der Waals surface area contributed by atoms with Crippen LogP contribution in [0.25, 0.3) is 0 Å². The summed E-state index contributed by atoms with van der Waals surface area (Å²) in [5.41, 5.74) is -0.130. The summed E-state index contributed by atoms with van der Waals surface area (Å²) in [6.45, 7) is 6.26. The summed E-state index contributed by atoms with van der Waals surface area (Å²) < 4.78 is 5.84. The van der Waals surface area contributed by atoms with E-state index in [1.165, 1.54) is 25.7 Å². The van der Waals surface area contributed by atoms with E-state index in [0.717, 1.165) is 32.4 Å². The third kappa shape index (κ3) is 5.84. The number of ether oxygens (including phenoxy) is 1. The van der Waals surface area contributed by atoms with Crippen molar-refractivity contribution in [3.8, 4) is 0 Å². The molecule has 0 saturated heterocycles. The van der Waals surface area contributed by atoms with E-state index in [9.17, 15) is 5.11 Å². The van der Waals surface area contributed by atoms with Gasteiger partial charge in [-0.3, -0.25) is 0 Å². The number of nitrogens with one attached hydrogen (secondary N) is 1. The normalized spacial score (nSPS) is 20.6. The molecule has 102 valence electrons. The number of hydrogen-bond donors (Lipinski definition) is 2. The summed E-state index contributed by atoms with van der Waals surface area (Å²) >= 11 is 0. The van der Waals surface area contributed by atoms with E-state index < -0.39 is 0 Å². The van der Waals surface area contributed by atoms with Crippen molar-refractivity contribution in [1.29, 1.82) is 0 Å². The molecule has 0 heterocycles. The molecular weight excluding hydrogens is 214 g/mol. The van der Waals surface area contributed by atoms with Crippen LogP contribution in [0.2, 0.25) is 0 Å². The Balaban J connectivity index is 2.09. The Labute approximate surface area is 106 Å². The van der Waals surface area contributed by atoms with Gasteiger partial charge in [0.1, 0.15) is 0 Å². The fraction of sp³-hybridized carbons (Fsp3) is 1.00. The summed E-state index contributed by atoms with van der Waals surface area (Å²) in [4.78, 5) is 0.